The first-order chi connectivity index (χ1) is 26.0. The van der Waals surface area contributed by atoms with E-state index in [9.17, 15) is 0 Å². The van der Waals surface area contributed by atoms with Crippen molar-refractivity contribution in [3.63, 3.8) is 0 Å². The molecule has 252 valence electrons. The molecule has 2 aromatic heterocycles. The average Bonchev–Trinajstić information content (AvgIpc) is 3.67. The molecular formula is C51H38N2. The Kier molecular flexibility index (Phi) is 7.10. The largest absolute Gasteiger partial charge is 0.308 e. The predicted octanol–water partition coefficient (Wildman–Crippen LogP) is 12.5. The highest BCUT2D eigenvalue weighted by Gasteiger charge is 2.42. The smallest absolute Gasteiger partial charge is 0.0701 e. The second kappa shape index (κ2) is 12.0. The van der Waals surface area contributed by atoms with E-state index in [1.54, 1.807) is 0 Å². The Morgan fingerprint density at radius 2 is 1.00 bits per heavy atom. The maximum Gasteiger partial charge on any atom is 0.0701 e. The van der Waals surface area contributed by atoms with Crippen molar-refractivity contribution in [3.8, 4) is 27.9 Å². The SMILES string of the molecule is CC1(C)c2cc(-c3ccc4c(c3)c3ccccc3n4-c3cccnc3)ccc2-c2ccc(C(c3ccccc3)(c3ccccc3)c3ccccc3)cc21. The number of aromatic nitrogens is 2. The van der Waals surface area contributed by atoms with Gasteiger partial charge in [-0.25, -0.2) is 0 Å². The summed E-state index contributed by atoms with van der Waals surface area (Å²) in [5, 5.41) is 2.49. The zero-order valence-corrected chi connectivity index (χ0v) is 29.9. The standard InChI is InChI=1S/C51H38N2/c1-50(2)46-32-36(35-25-29-49-45(31-35)44-22-12-13-23-48(44)53(49)41-21-14-30-52-34-41)24-27-42(46)43-28-26-40(33-47(43)50)51(37-15-6-3-7-16-37,38-17-8-4-9-18-38)39-19-10-5-11-20-39/h3-34H,1-2H3. The number of rotatable bonds is 6. The van der Waals surface area contributed by atoms with Crippen molar-refractivity contribution in [1.82, 2.24) is 9.55 Å². The Labute approximate surface area is 310 Å². The van der Waals surface area contributed by atoms with Crippen molar-refractivity contribution in [2.24, 2.45) is 0 Å². The summed E-state index contributed by atoms with van der Waals surface area (Å²) in [7, 11) is 0. The van der Waals surface area contributed by atoms with Gasteiger partial charge in [0.25, 0.3) is 0 Å². The lowest BCUT2D eigenvalue weighted by Crippen LogP contribution is -2.31. The highest BCUT2D eigenvalue weighted by atomic mass is 15.0. The second-order valence-corrected chi connectivity index (χ2v) is 14.8. The lowest BCUT2D eigenvalue weighted by molar-refractivity contribution is 0.655. The molecule has 0 spiro atoms. The molecule has 0 unspecified atom stereocenters. The molecule has 9 aromatic rings. The van der Waals surface area contributed by atoms with Crippen molar-refractivity contribution < 1.29 is 0 Å². The van der Waals surface area contributed by atoms with Crippen molar-refractivity contribution in [2.45, 2.75) is 24.7 Å². The van der Waals surface area contributed by atoms with Gasteiger partial charge in [-0.1, -0.05) is 159 Å². The van der Waals surface area contributed by atoms with Gasteiger partial charge >= 0.3 is 0 Å². The summed E-state index contributed by atoms with van der Waals surface area (Å²) in [6.07, 6.45) is 3.77. The zero-order valence-electron chi connectivity index (χ0n) is 29.9. The molecule has 0 saturated heterocycles. The quantitative estimate of drug-likeness (QED) is 0.160. The van der Waals surface area contributed by atoms with Gasteiger partial charge in [-0.15, -0.1) is 0 Å². The summed E-state index contributed by atoms with van der Waals surface area (Å²) >= 11 is 0. The van der Waals surface area contributed by atoms with Gasteiger partial charge in [-0.05, 0) is 92.0 Å². The topological polar surface area (TPSA) is 17.8 Å². The second-order valence-electron chi connectivity index (χ2n) is 14.8. The molecule has 2 heterocycles. The third-order valence-corrected chi connectivity index (χ3v) is 11.6. The monoisotopic (exact) mass is 678 g/mol. The molecule has 53 heavy (non-hydrogen) atoms. The first-order valence-electron chi connectivity index (χ1n) is 18.5. The summed E-state index contributed by atoms with van der Waals surface area (Å²) in [4.78, 5) is 4.43. The molecule has 0 N–H and O–H groups in total. The number of para-hydroxylation sites is 1. The summed E-state index contributed by atoms with van der Waals surface area (Å²) in [5.41, 5.74) is 15.6. The van der Waals surface area contributed by atoms with Crippen molar-refractivity contribution in [2.75, 3.05) is 0 Å². The molecule has 0 atom stereocenters. The van der Waals surface area contributed by atoms with E-state index >= 15 is 0 Å². The normalized spacial score (nSPS) is 13.2. The molecule has 7 aromatic carbocycles. The number of pyridine rings is 1. The summed E-state index contributed by atoms with van der Waals surface area (Å²) in [6, 6.07) is 67.1. The van der Waals surface area contributed by atoms with Crippen LogP contribution in [0.1, 0.15) is 47.2 Å². The molecule has 1 aliphatic carbocycles. The van der Waals surface area contributed by atoms with Crippen LogP contribution in [0.2, 0.25) is 0 Å². The summed E-state index contributed by atoms with van der Waals surface area (Å²) in [5.74, 6) is 0. The van der Waals surface area contributed by atoms with Gasteiger partial charge in [0, 0.05) is 22.4 Å². The number of fused-ring (bicyclic) bond motifs is 6. The van der Waals surface area contributed by atoms with Crippen LogP contribution in [0.25, 0.3) is 49.7 Å². The molecule has 0 saturated carbocycles. The molecule has 1 aliphatic rings. The van der Waals surface area contributed by atoms with Gasteiger partial charge in [0.05, 0.1) is 28.3 Å². The van der Waals surface area contributed by atoms with Crippen LogP contribution in [-0.4, -0.2) is 9.55 Å². The van der Waals surface area contributed by atoms with Crippen LogP contribution < -0.4 is 0 Å². The number of benzene rings is 7. The van der Waals surface area contributed by atoms with Gasteiger partial charge in [-0.2, -0.15) is 0 Å². The van der Waals surface area contributed by atoms with Gasteiger partial charge in [0.2, 0.25) is 0 Å². The lowest BCUT2D eigenvalue weighted by atomic mass is 9.64. The fourth-order valence-electron chi connectivity index (χ4n) is 9.13. The van der Waals surface area contributed by atoms with Gasteiger partial charge in [-0.3, -0.25) is 4.98 Å². The highest BCUT2D eigenvalue weighted by molar-refractivity contribution is 6.10. The van der Waals surface area contributed by atoms with E-state index in [-0.39, 0.29) is 5.41 Å². The molecule has 0 bridgehead atoms. The molecule has 2 heteroatoms. The number of nitrogens with zero attached hydrogens (tertiary/aromatic N) is 2. The van der Waals surface area contributed by atoms with Gasteiger partial charge < -0.3 is 4.57 Å². The Hall–Kier alpha value is -6.51. The maximum absolute atomic E-state index is 4.43. The van der Waals surface area contributed by atoms with E-state index < -0.39 is 5.41 Å². The minimum absolute atomic E-state index is 0.201. The third-order valence-electron chi connectivity index (χ3n) is 11.6. The molecule has 10 rings (SSSR count). The predicted molar refractivity (Wildman–Crippen MR) is 220 cm³/mol. The van der Waals surface area contributed by atoms with Crippen LogP contribution in [0.4, 0.5) is 0 Å². The van der Waals surface area contributed by atoms with E-state index in [2.05, 4.69) is 199 Å². The first kappa shape index (κ1) is 31.2. The van der Waals surface area contributed by atoms with Crippen LogP contribution in [0.3, 0.4) is 0 Å². The zero-order chi connectivity index (χ0) is 35.6. The van der Waals surface area contributed by atoms with Crippen LogP contribution in [-0.2, 0) is 10.8 Å². The minimum atomic E-state index is -0.487. The maximum atomic E-state index is 4.43. The average molecular weight is 679 g/mol. The Morgan fingerprint density at radius 1 is 0.453 bits per heavy atom. The van der Waals surface area contributed by atoms with Crippen LogP contribution >= 0.6 is 0 Å². The molecule has 0 aliphatic heterocycles. The summed E-state index contributed by atoms with van der Waals surface area (Å²) in [6.45, 7) is 4.79. The van der Waals surface area contributed by atoms with E-state index in [1.165, 1.54) is 77.4 Å². The van der Waals surface area contributed by atoms with E-state index in [4.69, 9.17) is 0 Å². The van der Waals surface area contributed by atoms with E-state index in [1.807, 2.05) is 18.5 Å². The number of hydrogen-bond acceptors (Lipinski definition) is 1. The fraction of sp³-hybridized carbons (Fsp3) is 0.0784. The molecule has 2 nitrogen and oxygen atoms in total. The molecule has 0 fully saturated rings. The summed E-state index contributed by atoms with van der Waals surface area (Å²) < 4.78 is 2.32. The third kappa shape index (κ3) is 4.69. The Morgan fingerprint density at radius 3 is 1.64 bits per heavy atom. The van der Waals surface area contributed by atoms with E-state index in [0.29, 0.717) is 0 Å². The van der Waals surface area contributed by atoms with Gasteiger partial charge in [0.1, 0.15) is 0 Å². The Bertz CT molecular complexity index is 2680. The van der Waals surface area contributed by atoms with Crippen molar-refractivity contribution in [1.29, 1.82) is 0 Å². The highest BCUT2D eigenvalue weighted by Crippen LogP contribution is 2.53. The first-order valence-corrected chi connectivity index (χ1v) is 18.5. The van der Waals surface area contributed by atoms with Gasteiger partial charge in [0.15, 0.2) is 0 Å². The minimum Gasteiger partial charge on any atom is -0.308 e. The Balaban J connectivity index is 1.12. The fourth-order valence-corrected chi connectivity index (χ4v) is 9.13. The molecular weight excluding hydrogens is 641 g/mol. The van der Waals surface area contributed by atoms with E-state index in [0.717, 1.165) is 5.69 Å². The number of hydrogen-bond donors (Lipinski definition) is 0. The van der Waals surface area contributed by atoms with Crippen molar-refractivity contribution in [3.05, 3.63) is 228 Å². The molecule has 0 amide bonds. The van der Waals surface area contributed by atoms with Crippen LogP contribution in [0.5, 0.6) is 0 Å². The van der Waals surface area contributed by atoms with Crippen LogP contribution in [0.15, 0.2) is 194 Å². The van der Waals surface area contributed by atoms with Crippen molar-refractivity contribution >= 4 is 21.8 Å². The lowest BCUT2D eigenvalue weighted by Gasteiger charge is -2.37. The molecule has 0 radical (unpaired) electrons. The van der Waals surface area contributed by atoms with Crippen LogP contribution in [0, 0.1) is 0 Å².